The first-order valence-electron chi connectivity index (χ1n) is 7.95. The van der Waals surface area contributed by atoms with Crippen molar-refractivity contribution in [1.82, 2.24) is 10.2 Å². The Balaban J connectivity index is 2.18. The lowest BCUT2D eigenvalue weighted by Crippen LogP contribution is -2.65. The first kappa shape index (κ1) is 16.3. The molecule has 2 aliphatic rings. The molecule has 1 aliphatic heterocycles. The molecule has 0 radical (unpaired) electrons. The molecule has 118 valence electrons. The summed E-state index contributed by atoms with van der Waals surface area (Å²) in [7, 11) is 0. The Morgan fingerprint density at radius 2 is 2.00 bits per heavy atom. The highest BCUT2D eigenvalue weighted by Gasteiger charge is 2.42. The predicted molar refractivity (Wildman–Crippen MR) is 83.9 cm³/mol. The Bertz CT molecular complexity index is 430. The molecule has 2 unspecified atom stereocenters. The maximum Gasteiger partial charge on any atom is 0.246 e. The molecule has 1 heterocycles. The van der Waals surface area contributed by atoms with Crippen LogP contribution in [0.2, 0.25) is 0 Å². The minimum Gasteiger partial charge on any atom is -0.342 e. The molecule has 2 atom stereocenters. The first-order valence-corrected chi connectivity index (χ1v) is 8.38. The van der Waals surface area contributed by atoms with Crippen molar-refractivity contribution >= 4 is 23.4 Å². The number of hydrogen-bond acceptors (Lipinski definition) is 2. The number of halogens is 1. The van der Waals surface area contributed by atoms with Crippen LogP contribution in [0.25, 0.3) is 0 Å². The van der Waals surface area contributed by atoms with Gasteiger partial charge in [-0.3, -0.25) is 9.59 Å². The summed E-state index contributed by atoms with van der Waals surface area (Å²) in [5.74, 6) is 0.331. The molecule has 1 aliphatic carbocycles. The highest BCUT2D eigenvalue weighted by Crippen LogP contribution is 2.30. The van der Waals surface area contributed by atoms with Gasteiger partial charge in [-0.2, -0.15) is 0 Å². The van der Waals surface area contributed by atoms with E-state index in [1.807, 2.05) is 13.8 Å². The Morgan fingerprint density at radius 1 is 1.33 bits per heavy atom. The number of rotatable bonds is 4. The number of carbonyl (C=O) groups excluding carboxylic acids is 2. The second-order valence-electron chi connectivity index (χ2n) is 6.23. The molecule has 2 amide bonds. The quantitative estimate of drug-likeness (QED) is 0.868. The number of amides is 2. The third kappa shape index (κ3) is 3.60. The Hall–Kier alpha value is -1.03. The third-order valence-corrected chi connectivity index (χ3v) is 5.01. The van der Waals surface area contributed by atoms with Gasteiger partial charge in [-0.1, -0.05) is 37.8 Å². The van der Waals surface area contributed by atoms with Gasteiger partial charge < -0.3 is 10.2 Å². The average molecular weight is 313 g/mol. The number of nitrogens with zero attached hydrogens (tertiary/aromatic N) is 1. The van der Waals surface area contributed by atoms with Gasteiger partial charge in [0.15, 0.2) is 0 Å². The van der Waals surface area contributed by atoms with E-state index in [0.717, 1.165) is 31.3 Å². The summed E-state index contributed by atoms with van der Waals surface area (Å²) in [5.41, 5.74) is 2.39. The first-order chi connectivity index (χ1) is 10.1. The number of carbonyl (C=O) groups is 2. The zero-order valence-corrected chi connectivity index (χ0v) is 13.7. The molecule has 0 aromatic heterocycles. The van der Waals surface area contributed by atoms with Gasteiger partial charge in [-0.05, 0) is 37.7 Å². The lowest BCUT2D eigenvalue weighted by Gasteiger charge is -2.42. The van der Waals surface area contributed by atoms with Gasteiger partial charge in [-0.15, -0.1) is 0 Å². The summed E-state index contributed by atoms with van der Waals surface area (Å²) in [6.45, 7) is 4.26. The van der Waals surface area contributed by atoms with Crippen molar-refractivity contribution in [3.05, 3.63) is 11.1 Å². The molecule has 2 rings (SSSR count). The molecule has 2 fully saturated rings. The van der Waals surface area contributed by atoms with Gasteiger partial charge in [0.1, 0.15) is 12.1 Å². The van der Waals surface area contributed by atoms with E-state index in [4.69, 9.17) is 11.6 Å². The fourth-order valence-electron chi connectivity index (χ4n) is 3.47. The maximum absolute atomic E-state index is 12.8. The van der Waals surface area contributed by atoms with Crippen molar-refractivity contribution in [2.45, 2.75) is 64.5 Å². The van der Waals surface area contributed by atoms with Crippen molar-refractivity contribution in [2.24, 2.45) is 5.92 Å². The van der Waals surface area contributed by atoms with E-state index in [-0.39, 0.29) is 29.8 Å². The molecule has 0 aromatic rings. The lowest BCUT2D eigenvalue weighted by atomic mass is 9.82. The van der Waals surface area contributed by atoms with Crippen LogP contribution in [0.3, 0.4) is 0 Å². The lowest BCUT2D eigenvalue weighted by molar-refractivity contribution is -0.150. The summed E-state index contributed by atoms with van der Waals surface area (Å²) in [6.07, 6.45) is 6.24. The molecule has 1 saturated carbocycles. The molecule has 1 N–H and O–H groups in total. The number of hydrogen-bond donors (Lipinski definition) is 1. The SMILES string of the molecule is CCC1C(=O)NC(C2CCCCC2)C(=O)N1CC(C)=CCl. The zero-order chi connectivity index (χ0) is 15.4. The van der Waals surface area contributed by atoms with E-state index in [1.54, 1.807) is 4.90 Å². The fourth-order valence-corrected chi connectivity index (χ4v) is 3.54. The van der Waals surface area contributed by atoms with Crippen molar-refractivity contribution in [2.75, 3.05) is 6.54 Å². The normalized spacial score (nSPS) is 28.7. The van der Waals surface area contributed by atoms with Crippen LogP contribution in [0.4, 0.5) is 0 Å². The largest absolute Gasteiger partial charge is 0.342 e. The van der Waals surface area contributed by atoms with Crippen LogP contribution in [0.1, 0.15) is 52.4 Å². The second-order valence-corrected chi connectivity index (χ2v) is 6.45. The molecule has 1 saturated heterocycles. The molecule has 0 aromatic carbocycles. The number of piperazine rings is 1. The molecular formula is C16H25ClN2O2. The van der Waals surface area contributed by atoms with Crippen molar-refractivity contribution in [3.63, 3.8) is 0 Å². The maximum atomic E-state index is 12.8. The van der Waals surface area contributed by atoms with E-state index in [0.29, 0.717) is 13.0 Å². The Labute approximate surface area is 131 Å². The summed E-state index contributed by atoms with van der Waals surface area (Å²) in [4.78, 5) is 26.9. The van der Waals surface area contributed by atoms with Gasteiger partial charge in [-0.25, -0.2) is 0 Å². The van der Waals surface area contributed by atoms with Gasteiger partial charge in [0.25, 0.3) is 0 Å². The van der Waals surface area contributed by atoms with Crippen LogP contribution >= 0.6 is 11.6 Å². The topological polar surface area (TPSA) is 49.4 Å². The second kappa shape index (κ2) is 7.30. The molecule has 4 nitrogen and oxygen atoms in total. The van der Waals surface area contributed by atoms with E-state index in [9.17, 15) is 9.59 Å². The van der Waals surface area contributed by atoms with Crippen molar-refractivity contribution in [1.29, 1.82) is 0 Å². The average Bonchev–Trinajstić information content (AvgIpc) is 2.51. The summed E-state index contributed by atoms with van der Waals surface area (Å²) < 4.78 is 0. The highest BCUT2D eigenvalue weighted by molar-refractivity contribution is 6.25. The third-order valence-electron chi connectivity index (χ3n) is 4.64. The van der Waals surface area contributed by atoms with Gasteiger partial charge >= 0.3 is 0 Å². The Morgan fingerprint density at radius 3 is 2.57 bits per heavy atom. The Kier molecular flexibility index (Phi) is 5.68. The van der Waals surface area contributed by atoms with Crippen LogP contribution in [0, 0.1) is 5.92 Å². The van der Waals surface area contributed by atoms with Crippen LogP contribution in [0.15, 0.2) is 11.1 Å². The number of nitrogens with one attached hydrogen (secondary N) is 1. The molecular weight excluding hydrogens is 288 g/mol. The van der Waals surface area contributed by atoms with Crippen molar-refractivity contribution in [3.8, 4) is 0 Å². The smallest absolute Gasteiger partial charge is 0.246 e. The van der Waals surface area contributed by atoms with Crippen LogP contribution in [-0.4, -0.2) is 35.3 Å². The minimum atomic E-state index is -0.371. The summed E-state index contributed by atoms with van der Waals surface area (Å²) in [5, 5.41) is 2.98. The van der Waals surface area contributed by atoms with Gasteiger partial charge in [0, 0.05) is 12.1 Å². The van der Waals surface area contributed by atoms with Crippen LogP contribution in [-0.2, 0) is 9.59 Å². The highest BCUT2D eigenvalue weighted by atomic mass is 35.5. The van der Waals surface area contributed by atoms with E-state index < -0.39 is 0 Å². The predicted octanol–water partition coefficient (Wildman–Crippen LogP) is 2.81. The van der Waals surface area contributed by atoms with Crippen LogP contribution < -0.4 is 5.32 Å². The zero-order valence-electron chi connectivity index (χ0n) is 12.9. The molecule has 0 bridgehead atoms. The van der Waals surface area contributed by atoms with E-state index >= 15 is 0 Å². The summed E-state index contributed by atoms with van der Waals surface area (Å²) in [6, 6.07) is -0.715. The molecule has 0 spiro atoms. The van der Waals surface area contributed by atoms with Gasteiger partial charge in [0.2, 0.25) is 11.8 Å². The van der Waals surface area contributed by atoms with E-state index in [1.165, 1.54) is 12.0 Å². The molecule has 5 heteroatoms. The fraction of sp³-hybridized carbons (Fsp3) is 0.750. The summed E-state index contributed by atoms with van der Waals surface area (Å²) >= 11 is 5.73. The van der Waals surface area contributed by atoms with Crippen LogP contribution in [0.5, 0.6) is 0 Å². The van der Waals surface area contributed by atoms with E-state index in [2.05, 4.69) is 5.32 Å². The van der Waals surface area contributed by atoms with Crippen molar-refractivity contribution < 1.29 is 9.59 Å². The van der Waals surface area contributed by atoms with Gasteiger partial charge in [0.05, 0.1) is 0 Å². The standard InChI is InChI=1S/C16H25ClN2O2/c1-3-13-15(20)18-14(12-7-5-4-6-8-12)16(21)19(13)10-11(2)9-17/h9,12-14H,3-8,10H2,1-2H3,(H,18,20). The minimum absolute atomic E-state index is 0.0185. The monoisotopic (exact) mass is 312 g/mol. The molecule has 21 heavy (non-hydrogen) atoms.